The molecule has 21 heavy (non-hydrogen) atoms. The predicted octanol–water partition coefficient (Wildman–Crippen LogP) is 1.66. The summed E-state index contributed by atoms with van der Waals surface area (Å²) in [5.41, 5.74) is 8.55. The molecule has 0 atom stereocenters. The third-order valence-corrected chi connectivity index (χ3v) is 3.58. The van der Waals surface area contributed by atoms with Crippen LogP contribution in [0.1, 0.15) is 18.9 Å². The highest BCUT2D eigenvalue weighted by molar-refractivity contribution is 5.64. The number of aryl methyl sites for hydroxylation is 1. The molecule has 1 aliphatic rings. The van der Waals surface area contributed by atoms with Gasteiger partial charge in [-0.25, -0.2) is 15.0 Å². The molecule has 4 rings (SSSR count). The number of hydrogen-bond acceptors (Lipinski definition) is 5. The van der Waals surface area contributed by atoms with Gasteiger partial charge in [0.1, 0.15) is 11.5 Å². The summed E-state index contributed by atoms with van der Waals surface area (Å²) >= 11 is 0. The average Bonchev–Trinajstić information content (AvgIpc) is 3.02. The van der Waals surface area contributed by atoms with E-state index < -0.39 is 0 Å². The number of rotatable bonds is 3. The highest BCUT2D eigenvalue weighted by Crippen LogP contribution is 2.37. The molecule has 0 radical (unpaired) electrons. The Labute approximate surface area is 121 Å². The van der Waals surface area contributed by atoms with Gasteiger partial charge in [-0.15, -0.1) is 0 Å². The van der Waals surface area contributed by atoms with Crippen molar-refractivity contribution >= 4 is 5.82 Å². The lowest BCUT2D eigenvalue weighted by Crippen LogP contribution is -2.02. The van der Waals surface area contributed by atoms with Crippen LogP contribution in [0.3, 0.4) is 0 Å². The molecule has 0 bridgehead atoms. The fraction of sp³-hybridized carbons (Fsp3) is 0.286. The number of nitrogens with zero attached hydrogens (tertiary/aromatic N) is 6. The maximum absolute atomic E-state index is 5.94. The zero-order valence-electron chi connectivity index (χ0n) is 11.6. The Hall–Kier alpha value is -2.70. The Morgan fingerprint density at radius 2 is 2.10 bits per heavy atom. The van der Waals surface area contributed by atoms with E-state index in [4.69, 9.17) is 5.73 Å². The first kappa shape index (κ1) is 12.1. The molecule has 0 amide bonds. The van der Waals surface area contributed by atoms with E-state index in [1.165, 1.54) is 12.8 Å². The van der Waals surface area contributed by atoms with Crippen LogP contribution in [-0.2, 0) is 7.05 Å². The van der Waals surface area contributed by atoms with Crippen molar-refractivity contribution in [3.8, 4) is 22.8 Å². The van der Waals surface area contributed by atoms with Crippen LogP contribution in [0.25, 0.3) is 22.8 Å². The summed E-state index contributed by atoms with van der Waals surface area (Å²) in [7, 11) is 1.87. The lowest BCUT2D eigenvalue weighted by Gasteiger charge is -2.07. The van der Waals surface area contributed by atoms with Gasteiger partial charge in [0.25, 0.3) is 0 Å². The van der Waals surface area contributed by atoms with Gasteiger partial charge in [0.05, 0.1) is 24.4 Å². The summed E-state index contributed by atoms with van der Waals surface area (Å²) < 4.78 is 3.86. The topological polar surface area (TPSA) is 87.4 Å². The second-order valence-electron chi connectivity index (χ2n) is 5.32. The monoisotopic (exact) mass is 281 g/mol. The molecular weight excluding hydrogens is 266 g/mol. The number of nitrogen functional groups attached to an aromatic ring is 1. The Balaban J connectivity index is 1.82. The predicted molar refractivity (Wildman–Crippen MR) is 78.1 cm³/mol. The van der Waals surface area contributed by atoms with Crippen LogP contribution in [0.2, 0.25) is 0 Å². The largest absolute Gasteiger partial charge is 0.384 e. The molecular formula is C14H15N7. The fourth-order valence-electron chi connectivity index (χ4n) is 2.40. The number of aromatic nitrogens is 6. The summed E-state index contributed by atoms with van der Waals surface area (Å²) in [5, 5.41) is 4.17. The van der Waals surface area contributed by atoms with Crippen LogP contribution in [0.4, 0.5) is 5.82 Å². The molecule has 7 nitrogen and oxygen atoms in total. The van der Waals surface area contributed by atoms with E-state index in [0.29, 0.717) is 17.7 Å². The molecule has 1 aliphatic carbocycles. The Morgan fingerprint density at radius 1 is 1.24 bits per heavy atom. The van der Waals surface area contributed by atoms with Crippen LogP contribution in [0, 0.1) is 0 Å². The van der Waals surface area contributed by atoms with E-state index in [0.717, 1.165) is 17.0 Å². The number of imidazole rings is 1. The van der Waals surface area contributed by atoms with Crippen molar-refractivity contribution in [2.24, 2.45) is 7.05 Å². The maximum atomic E-state index is 5.94. The number of nitrogens with two attached hydrogens (primary N) is 1. The van der Waals surface area contributed by atoms with Crippen LogP contribution < -0.4 is 5.73 Å². The van der Waals surface area contributed by atoms with Gasteiger partial charge in [0.2, 0.25) is 0 Å². The van der Waals surface area contributed by atoms with Crippen molar-refractivity contribution in [2.45, 2.75) is 18.9 Å². The van der Waals surface area contributed by atoms with Crippen molar-refractivity contribution in [2.75, 3.05) is 5.73 Å². The summed E-state index contributed by atoms with van der Waals surface area (Å²) in [6.07, 6.45) is 9.67. The molecule has 0 aliphatic heterocycles. The van der Waals surface area contributed by atoms with Gasteiger partial charge in [-0.05, 0) is 12.8 Å². The SMILES string of the molecule is Cn1cc(-c2cc(N)nc(-c3cncn3C3CC3)n2)cn1. The molecule has 0 unspecified atom stereocenters. The third kappa shape index (κ3) is 2.16. The molecule has 1 saturated carbocycles. The van der Waals surface area contributed by atoms with Crippen molar-refractivity contribution < 1.29 is 0 Å². The van der Waals surface area contributed by atoms with E-state index in [9.17, 15) is 0 Å². The first-order valence-corrected chi connectivity index (χ1v) is 6.86. The minimum absolute atomic E-state index is 0.447. The van der Waals surface area contributed by atoms with Crippen LogP contribution >= 0.6 is 0 Å². The van der Waals surface area contributed by atoms with E-state index >= 15 is 0 Å². The number of anilines is 1. The first-order valence-electron chi connectivity index (χ1n) is 6.86. The van der Waals surface area contributed by atoms with Gasteiger partial charge < -0.3 is 10.3 Å². The molecule has 7 heteroatoms. The standard InChI is InChI=1S/C14H15N7/c1-20-7-9(5-17-20)11-4-13(15)19-14(18-11)12-6-16-8-21(12)10-2-3-10/h4-8,10H,2-3H2,1H3,(H2,15,18,19). The average molecular weight is 281 g/mol. The van der Waals surface area contributed by atoms with Gasteiger partial charge in [0, 0.05) is 30.9 Å². The van der Waals surface area contributed by atoms with Crippen LogP contribution in [-0.4, -0.2) is 29.3 Å². The first-order chi connectivity index (χ1) is 10.2. The summed E-state index contributed by atoms with van der Waals surface area (Å²) in [5.74, 6) is 1.06. The minimum atomic E-state index is 0.447. The normalized spacial score (nSPS) is 14.5. The molecule has 2 N–H and O–H groups in total. The Morgan fingerprint density at radius 3 is 2.81 bits per heavy atom. The van der Waals surface area contributed by atoms with E-state index in [1.807, 2.05) is 19.6 Å². The zero-order valence-corrected chi connectivity index (χ0v) is 11.6. The van der Waals surface area contributed by atoms with E-state index in [-0.39, 0.29) is 0 Å². The van der Waals surface area contributed by atoms with Gasteiger partial charge in [-0.3, -0.25) is 4.68 Å². The lowest BCUT2D eigenvalue weighted by atomic mass is 10.2. The minimum Gasteiger partial charge on any atom is -0.384 e. The third-order valence-electron chi connectivity index (χ3n) is 3.58. The highest BCUT2D eigenvalue weighted by Gasteiger charge is 2.26. The van der Waals surface area contributed by atoms with Crippen LogP contribution in [0.5, 0.6) is 0 Å². The summed E-state index contributed by atoms with van der Waals surface area (Å²) in [6, 6.07) is 2.28. The molecule has 0 aromatic carbocycles. The van der Waals surface area contributed by atoms with Crippen molar-refractivity contribution in [1.82, 2.24) is 29.3 Å². The zero-order chi connectivity index (χ0) is 14.4. The van der Waals surface area contributed by atoms with Gasteiger partial charge >= 0.3 is 0 Å². The van der Waals surface area contributed by atoms with Gasteiger partial charge in [-0.2, -0.15) is 5.10 Å². The molecule has 3 aromatic rings. The molecule has 1 fully saturated rings. The quantitative estimate of drug-likeness (QED) is 0.788. The molecule has 0 spiro atoms. The highest BCUT2D eigenvalue weighted by atomic mass is 15.2. The fourth-order valence-corrected chi connectivity index (χ4v) is 2.40. The smallest absolute Gasteiger partial charge is 0.180 e. The molecule has 3 aromatic heterocycles. The summed E-state index contributed by atoms with van der Waals surface area (Å²) in [4.78, 5) is 13.2. The van der Waals surface area contributed by atoms with Gasteiger partial charge in [0.15, 0.2) is 5.82 Å². The van der Waals surface area contributed by atoms with Crippen LogP contribution in [0.15, 0.2) is 31.0 Å². The van der Waals surface area contributed by atoms with Gasteiger partial charge in [-0.1, -0.05) is 0 Å². The second kappa shape index (κ2) is 4.41. The lowest BCUT2D eigenvalue weighted by molar-refractivity contribution is 0.743. The summed E-state index contributed by atoms with van der Waals surface area (Å²) in [6.45, 7) is 0. The Kier molecular flexibility index (Phi) is 2.53. The maximum Gasteiger partial charge on any atom is 0.180 e. The van der Waals surface area contributed by atoms with E-state index in [1.54, 1.807) is 23.1 Å². The van der Waals surface area contributed by atoms with Crippen molar-refractivity contribution in [3.05, 3.63) is 31.0 Å². The second-order valence-corrected chi connectivity index (χ2v) is 5.32. The Bertz CT molecular complexity index is 797. The molecule has 106 valence electrons. The number of hydrogen-bond donors (Lipinski definition) is 1. The van der Waals surface area contributed by atoms with E-state index in [2.05, 4.69) is 24.6 Å². The molecule has 0 saturated heterocycles. The van der Waals surface area contributed by atoms with Crippen molar-refractivity contribution in [1.29, 1.82) is 0 Å². The molecule has 3 heterocycles. The van der Waals surface area contributed by atoms with Crippen molar-refractivity contribution in [3.63, 3.8) is 0 Å².